The lowest BCUT2D eigenvalue weighted by atomic mass is 9.96. The molecule has 6 nitrogen and oxygen atoms in total. The lowest BCUT2D eigenvalue weighted by Gasteiger charge is -2.31. The molecule has 0 bridgehead atoms. The molecule has 0 atom stereocenters. The average Bonchev–Trinajstić information content (AvgIpc) is 2.41. The number of halogens is 2. The van der Waals surface area contributed by atoms with Crippen LogP contribution in [0.4, 0.5) is 20.2 Å². The van der Waals surface area contributed by atoms with E-state index < -0.39 is 39.8 Å². The minimum atomic E-state index is -1.27. The van der Waals surface area contributed by atoms with Crippen LogP contribution in [0.2, 0.25) is 0 Å². The largest absolute Gasteiger partial charge is 0.481 e. The molecule has 0 amide bonds. The third-order valence-corrected chi connectivity index (χ3v) is 3.40. The van der Waals surface area contributed by atoms with Gasteiger partial charge in [-0.25, -0.2) is 8.78 Å². The molecule has 1 N–H and O–H groups in total. The van der Waals surface area contributed by atoms with Crippen LogP contribution in [0.25, 0.3) is 0 Å². The van der Waals surface area contributed by atoms with Crippen LogP contribution < -0.4 is 4.90 Å². The van der Waals surface area contributed by atoms with Crippen molar-refractivity contribution in [1.82, 2.24) is 0 Å². The van der Waals surface area contributed by atoms with Gasteiger partial charge in [-0.05, 0) is 18.9 Å². The van der Waals surface area contributed by atoms with Gasteiger partial charge in [0, 0.05) is 19.2 Å². The van der Waals surface area contributed by atoms with Gasteiger partial charge in [0.1, 0.15) is 0 Å². The maximum absolute atomic E-state index is 13.8. The van der Waals surface area contributed by atoms with Gasteiger partial charge in [-0.15, -0.1) is 0 Å². The number of anilines is 1. The molecule has 108 valence electrons. The molecule has 8 heteroatoms. The number of rotatable bonds is 3. The van der Waals surface area contributed by atoms with Crippen LogP contribution in [0.1, 0.15) is 12.8 Å². The topological polar surface area (TPSA) is 83.7 Å². The van der Waals surface area contributed by atoms with E-state index in [0.29, 0.717) is 6.07 Å². The molecule has 1 aliphatic rings. The highest BCUT2D eigenvalue weighted by Crippen LogP contribution is 2.35. The molecule has 0 radical (unpaired) electrons. The molecule has 0 aliphatic carbocycles. The Morgan fingerprint density at radius 1 is 1.35 bits per heavy atom. The SMILES string of the molecule is O=C(O)C1CCN(c2c([N+](=O)[O-])ccc(F)c2F)CC1. The Morgan fingerprint density at radius 2 is 1.95 bits per heavy atom. The number of nitro groups is 1. The van der Waals surface area contributed by atoms with Crippen molar-refractivity contribution in [3.8, 4) is 0 Å². The van der Waals surface area contributed by atoms with Crippen molar-refractivity contribution in [2.45, 2.75) is 12.8 Å². The van der Waals surface area contributed by atoms with E-state index in [9.17, 15) is 23.7 Å². The maximum Gasteiger partial charge on any atom is 0.306 e. The molecule has 0 saturated carbocycles. The van der Waals surface area contributed by atoms with E-state index in [2.05, 4.69) is 0 Å². The Balaban J connectivity index is 2.31. The molecule has 1 heterocycles. The van der Waals surface area contributed by atoms with Crippen molar-refractivity contribution < 1.29 is 23.6 Å². The Hall–Kier alpha value is -2.25. The van der Waals surface area contributed by atoms with E-state index in [0.717, 1.165) is 6.07 Å². The number of carboxylic acids is 1. The summed E-state index contributed by atoms with van der Waals surface area (Å²) >= 11 is 0. The van der Waals surface area contributed by atoms with Crippen LogP contribution in [-0.2, 0) is 4.79 Å². The van der Waals surface area contributed by atoms with Gasteiger partial charge in [0.15, 0.2) is 17.3 Å². The quantitative estimate of drug-likeness (QED) is 0.680. The number of nitrogens with zero attached hydrogens (tertiary/aromatic N) is 2. The number of carbonyl (C=O) groups is 1. The normalized spacial score (nSPS) is 16.2. The summed E-state index contributed by atoms with van der Waals surface area (Å²) in [6, 6.07) is 1.62. The second kappa shape index (κ2) is 5.40. The van der Waals surface area contributed by atoms with Crippen molar-refractivity contribution in [1.29, 1.82) is 0 Å². The zero-order valence-electron chi connectivity index (χ0n) is 10.4. The van der Waals surface area contributed by atoms with E-state index in [1.807, 2.05) is 0 Å². The fourth-order valence-corrected chi connectivity index (χ4v) is 2.33. The third kappa shape index (κ3) is 2.54. The number of hydrogen-bond acceptors (Lipinski definition) is 4. The number of piperidine rings is 1. The summed E-state index contributed by atoms with van der Waals surface area (Å²) in [5.41, 5.74) is -0.920. The summed E-state index contributed by atoms with van der Waals surface area (Å²) < 4.78 is 27.1. The first-order valence-corrected chi connectivity index (χ1v) is 6.02. The predicted molar refractivity (Wildman–Crippen MR) is 65.6 cm³/mol. The smallest absolute Gasteiger partial charge is 0.306 e. The molecule has 1 fully saturated rings. The van der Waals surface area contributed by atoms with Crippen LogP contribution in [0.5, 0.6) is 0 Å². The Kier molecular flexibility index (Phi) is 3.82. The van der Waals surface area contributed by atoms with Crippen LogP contribution in [0, 0.1) is 27.7 Å². The molecule has 1 aromatic rings. The number of hydrogen-bond donors (Lipinski definition) is 1. The Bertz CT molecular complexity index is 557. The molecular formula is C12H12F2N2O4. The van der Waals surface area contributed by atoms with Crippen molar-refractivity contribution >= 4 is 17.3 Å². The average molecular weight is 286 g/mol. The highest BCUT2D eigenvalue weighted by Gasteiger charge is 2.31. The van der Waals surface area contributed by atoms with Gasteiger partial charge in [0.25, 0.3) is 5.69 Å². The first kappa shape index (κ1) is 14.2. The zero-order chi connectivity index (χ0) is 14.9. The van der Waals surface area contributed by atoms with Gasteiger partial charge >= 0.3 is 5.97 Å². The van der Waals surface area contributed by atoms with Crippen LogP contribution in [0.3, 0.4) is 0 Å². The van der Waals surface area contributed by atoms with E-state index >= 15 is 0 Å². The summed E-state index contributed by atoms with van der Waals surface area (Å²) in [4.78, 5) is 22.3. The zero-order valence-corrected chi connectivity index (χ0v) is 10.4. The van der Waals surface area contributed by atoms with Gasteiger partial charge in [0.05, 0.1) is 10.8 Å². The fraction of sp³-hybridized carbons (Fsp3) is 0.417. The number of carboxylic acid groups (broad SMARTS) is 1. The van der Waals surface area contributed by atoms with Gasteiger partial charge in [0.2, 0.25) is 0 Å². The van der Waals surface area contributed by atoms with Crippen LogP contribution >= 0.6 is 0 Å². The molecule has 1 aliphatic heterocycles. The van der Waals surface area contributed by atoms with E-state index in [1.54, 1.807) is 0 Å². The molecule has 1 aromatic carbocycles. The number of benzene rings is 1. The molecule has 0 unspecified atom stereocenters. The van der Waals surface area contributed by atoms with Gasteiger partial charge in [-0.2, -0.15) is 0 Å². The second-order valence-electron chi connectivity index (χ2n) is 4.59. The lowest BCUT2D eigenvalue weighted by molar-refractivity contribution is -0.384. The summed E-state index contributed by atoms with van der Waals surface area (Å²) in [6.07, 6.45) is 0.477. The highest BCUT2D eigenvalue weighted by molar-refractivity contribution is 5.71. The Morgan fingerprint density at radius 3 is 2.45 bits per heavy atom. The van der Waals surface area contributed by atoms with Crippen molar-refractivity contribution in [3.05, 3.63) is 33.9 Å². The first-order chi connectivity index (χ1) is 9.41. The fourth-order valence-electron chi connectivity index (χ4n) is 2.33. The standard InChI is InChI=1S/C12H12F2N2O4/c13-8-1-2-9(16(19)20)11(10(8)14)15-5-3-7(4-6-15)12(17)18/h1-2,7H,3-6H2,(H,17,18). The van der Waals surface area contributed by atoms with Crippen molar-refractivity contribution in [2.24, 2.45) is 5.92 Å². The van der Waals surface area contributed by atoms with E-state index in [4.69, 9.17) is 5.11 Å². The number of aliphatic carboxylic acids is 1. The minimum Gasteiger partial charge on any atom is -0.481 e. The van der Waals surface area contributed by atoms with E-state index in [1.165, 1.54) is 4.90 Å². The van der Waals surface area contributed by atoms with Crippen LogP contribution in [-0.4, -0.2) is 29.1 Å². The molecular weight excluding hydrogens is 274 g/mol. The van der Waals surface area contributed by atoms with E-state index in [-0.39, 0.29) is 25.9 Å². The number of nitro benzene ring substituents is 1. The predicted octanol–water partition coefficient (Wildman–Crippen LogP) is 2.17. The molecule has 20 heavy (non-hydrogen) atoms. The third-order valence-electron chi connectivity index (χ3n) is 3.40. The maximum atomic E-state index is 13.8. The first-order valence-electron chi connectivity index (χ1n) is 6.02. The van der Waals surface area contributed by atoms with Gasteiger partial charge in [-0.3, -0.25) is 14.9 Å². The molecule has 0 aromatic heterocycles. The summed E-state index contributed by atoms with van der Waals surface area (Å²) in [5.74, 6) is -3.93. The van der Waals surface area contributed by atoms with Crippen molar-refractivity contribution in [2.75, 3.05) is 18.0 Å². The Labute approximate surface area is 112 Å². The monoisotopic (exact) mass is 286 g/mol. The summed E-state index contributed by atoms with van der Waals surface area (Å²) in [6.45, 7) is 0.274. The summed E-state index contributed by atoms with van der Waals surface area (Å²) in [7, 11) is 0. The highest BCUT2D eigenvalue weighted by atomic mass is 19.2. The second-order valence-corrected chi connectivity index (χ2v) is 4.59. The minimum absolute atomic E-state index is 0.137. The van der Waals surface area contributed by atoms with Crippen LogP contribution in [0.15, 0.2) is 12.1 Å². The van der Waals surface area contributed by atoms with Gasteiger partial charge in [-0.1, -0.05) is 0 Å². The summed E-state index contributed by atoms with van der Waals surface area (Å²) in [5, 5.41) is 19.8. The van der Waals surface area contributed by atoms with Gasteiger partial charge < -0.3 is 10.0 Å². The molecule has 2 rings (SSSR count). The lowest BCUT2D eigenvalue weighted by Crippen LogP contribution is -2.37. The molecule has 0 spiro atoms. The van der Waals surface area contributed by atoms with Crippen molar-refractivity contribution in [3.63, 3.8) is 0 Å². The molecule has 1 saturated heterocycles.